The second-order valence-electron chi connectivity index (χ2n) is 8.04. The lowest BCUT2D eigenvalue weighted by atomic mass is 9.86. The van der Waals surface area contributed by atoms with Crippen LogP contribution in [-0.4, -0.2) is 0 Å². The van der Waals surface area contributed by atoms with Gasteiger partial charge in [0.15, 0.2) is 0 Å². The summed E-state index contributed by atoms with van der Waals surface area (Å²) in [7, 11) is 0. The van der Waals surface area contributed by atoms with Gasteiger partial charge < -0.3 is 0 Å². The summed E-state index contributed by atoms with van der Waals surface area (Å²) in [6.07, 6.45) is 15.5. The molecule has 0 aliphatic rings. The molecule has 0 spiro atoms. The summed E-state index contributed by atoms with van der Waals surface area (Å²) < 4.78 is 0. The first-order valence-corrected chi connectivity index (χ1v) is 10.2. The predicted octanol–water partition coefficient (Wildman–Crippen LogP) is 8.34. The Morgan fingerprint density at radius 3 is 2.17 bits per heavy atom. The maximum absolute atomic E-state index is 4.31. The average molecular weight is 321 g/mol. The van der Waals surface area contributed by atoms with Crippen LogP contribution in [0.15, 0.2) is 23.8 Å². The molecule has 0 N–H and O–H groups in total. The molecule has 0 heterocycles. The lowest BCUT2D eigenvalue weighted by Crippen LogP contribution is -2.06. The second-order valence-corrected chi connectivity index (χ2v) is 8.04. The van der Waals surface area contributed by atoms with Gasteiger partial charge in [-0.25, -0.2) is 0 Å². The predicted molar refractivity (Wildman–Crippen MR) is 108 cm³/mol. The van der Waals surface area contributed by atoms with E-state index in [9.17, 15) is 0 Å². The molecular formula is C23H44. The van der Waals surface area contributed by atoms with E-state index in [1.54, 1.807) is 5.57 Å². The SMILES string of the molecule is C=C(CCC(C)CC(C)CCCCC(C)=CCC)C(C)CCC. The Balaban J connectivity index is 3.78. The highest BCUT2D eigenvalue weighted by Gasteiger charge is 2.11. The fourth-order valence-electron chi connectivity index (χ4n) is 3.59. The highest BCUT2D eigenvalue weighted by molar-refractivity contribution is 4.99. The smallest absolute Gasteiger partial charge is 0.0234 e. The molecule has 0 aliphatic heterocycles. The Morgan fingerprint density at radius 1 is 0.913 bits per heavy atom. The van der Waals surface area contributed by atoms with Crippen molar-refractivity contribution in [3.05, 3.63) is 23.8 Å². The molecule has 0 saturated heterocycles. The molecule has 0 saturated carbocycles. The van der Waals surface area contributed by atoms with Crippen LogP contribution in [0.25, 0.3) is 0 Å². The lowest BCUT2D eigenvalue weighted by Gasteiger charge is -2.19. The fourth-order valence-corrected chi connectivity index (χ4v) is 3.59. The van der Waals surface area contributed by atoms with Gasteiger partial charge in [0.1, 0.15) is 0 Å². The van der Waals surface area contributed by atoms with Crippen LogP contribution in [-0.2, 0) is 0 Å². The Bertz CT molecular complexity index is 323. The normalized spacial score (nSPS) is 16.2. The molecule has 0 bridgehead atoms. The van der Waals surface area contributed by atoms with Crippen molar-refractivity contribution in [1.82, 2.24) is 0 Å². The molecule has 0 aliphatic carbocycles. The minimum atomic E-state index is 0.712. The van der Waals surface area contributed by atoms with Crippen LogP contribution in [0.1, 0.15) is 106 Å². The molecule has 23 heavy (non-hydrogen) atoms. The lowest BCUT2D eigenvalue weighted by molar-refractivity contribution is 0.365. The van der Waals surface area contributed by atoms with Crippen LogP contribution < -0.4 is 0 Å². The van der Waals surface area contributed by atoms with Gasteiger partial charge in [-0.3, -0.25) is 0 Å². The minimum Gasteiger partial charge on any atom is -0.0996 e. The summed E-state index contributed by atoms with van der Waals surface area (Å²) >= 11 is 0. The van der Waals surface area contributed by atoms with Crippen LogP contribution in [0.2, 0.25) is 0 Å². The van der Waals surface area contributed by atoms with Crippen LogP contribution >= 0.6 is 0 Å². The zero-order valence-corrected chi connectivity index (χ0v) is 17.1. The van der Waals surface area contributed by atoms with Crippen LogP contribution in [0.5, 0.6) is 0 Å². The highest BCUT2D eigenvalue weighted by Crippen LogP contribution is 2.26. The van der Waals surface area contributed by atoms with E-state index in [0.717, 1.165) is 11.8 Å². The van der Waals surface area contributed by atoms with E-state index in [1.165, 1.54) is 69.8 Å². The van der Waals surface area contributed by atoms with Crippen molar-refractivity contribution in [3.8, 4) is 0 Å². The molecular weight excluding hydrogens is 276 g/mol. The average Bonchev–Trinajstić information content (AvgIpc) is 2.49. The van der Waals surface area contributed by atoms with E-state index in [1.807, 2.05) is 0 Å². The van der Waals surface area contributed by atoms with Crippen molar-refractivity contribution < 1.29 is 0 Å². The standard InChI is InChI=1S/C23H44/c1-8-12-19(3)14-10-11-15-20(4)18-21(5)16-17-23(7)22(6)13-9-2/h12,20-22H,7-11,13-18H2,1-6H3. The van der Waals surface area contributed by atoms with Crippen LogP contribution in [0, 0.1) is 17.8 Å². The van der Waals surface area contributed by atoms with Gasteiger partial charge in [0.05, 0.1) is 0 Å². The van der Waals surface area contributed by atoms with Gasteiger partial charge in [-0.2, -0.15) is 0 Å². The topological polar surface area (TPSA) is 0 Å². The molecule has 3 atom stereocenters. The zero-order valence-electron chi connectivity index (χ0n) is 17.1. The van der Waals surface area contributed by atoms with Crippen LogP contribution in [0.4, 0.5) is 0 Å². The summed E-state index contributed by atoms with van der Waals surface area (Å²) in [5, 5.41) is 0. The fraction of sp³-hybridized carbons (Fsp3) is 0.826. The van der Waals surface area contributed by atoms with Crippen molar-refractivity contribution in [1.29, 1.82) is 0 Å². The Kier molecular flexibility index (Phi) is 13.6. The summed E-state index contributed by atoms with van der Waals surface area (Å²) in [4.78, 5) is 0. The summed E-state index contributed by atoms with van der Waals surface area (Å²) in [5.41, 5.74) is 3.05. The summed E-state index contributed by atoms with van der Waals surface area (Å²) in [6.45, 7) is 18.3. The first-order valence-electron chi connectivity index (χ1n) is 10.2. The van der Waals surface area contributed by atoms with E-state index in [-0.39, 0.29) is 0 Å². The van der Waals surface area contributed by atoms with E-state index in [4.69, 9.17) is 0 Å². The van der Waals surface area contributed by atoms with Gasteiger partial charge in [-0.1, -0.05) is 77.7 Å². The van der Waals surface area contributed by atoms with Crippen molar-refractivity contribution in [2.45, 2.75) is 106 Å². The van der Waals surface area contributed by atoms with Crippen molar-refractivity contribution in [3.63, 3.8) is 0 Å². The third-order valence-electron chi connectivity index (χ3n) is 5.25. The van der Waals surface area contributed by atoms with Crippen molar-refractivity contribution >= 4 is 0 Å². The molecule has 0 nitrogen and oxygen atoms in total. The van der Waals surface area contributed by atoms with Gasteiger partial charge in [0.2, 0.25) is 0 Å². The van der Waals surface area contributed by atoms with Gasteiger partial charge >= 0.3 is 0 Å². The molecule has 0 amide bonds. The minimum absolute atomic E-state index is 0.712. The number of unbranched alkanes of at least 4 members (excludes halogenated alkanes) is 1. The summed E-state index contributed by atoms with van der Waals surface area (Å²) in [5.74, 6) is 2.43. The molecule has 136 valence electrons. The first-order chi connectivity index (χ1) is 10.9. The van der Waals surface area contributed by atoms with Gasteiger partial charge in [0.25, 0.3) is 0 Å². The second kappa shape index (κ2) is 13.9. The monoisotopic (exact) mass is 320 g/mol. The molecule has 0 aromatic heterocycles. The van der Waals surface area contributed by atoms with Gasteiger partial charge in [-0.15, -0.1) is 0 Å². The molecule has 0 rings (SSSR count). The van der Waals surface area contributed by atoms with E-state index in [2.05, 4.69) is 54.2 Å². The highest BCUT2D eigenvalue weighted by atomic mass is 14.2. The van der Waals surface area contributed by atoms with E-state index in [0.29, 0.717) is 5.92 Å². The Morgan fingerprint density at radius 2 is 1.57 bits per heavy atom. The van der Waals surface area contributed by atoms with Crippen LogP contribution in [0.3, 0.4) is 0 Å². The largest absolute Gasteiger partial charge is 0.0996 e. The molecule has 0 fully saturated rings. The zero-order chi connectivity index (χ0) is 17.7. The third kappa shape index (κ3) is 12.6. The van der Waals surface area contributed by atoms with Gasteiger partial charge in [-0.05, 0) is 69.6 Å². The molecule has 0 heteroatoms. The molecule has 0 radical (unpaired) electrons. The van der Waals surface area contributed by atoms with Gasteiger partial charge in [0, 0.05) is 0 Å². The maximum Gasteiger partial charge on any atom is -0.0234 e. The molecule has 3 unspecified atom stereocenters. The Labute approximate surface area is 147 Å². The molecule has 0 aromatic carbocycles. The first kappa shape index (κ1) is 22.5. The van der Waals surface area contributed by atoms with Crippen molar-refractivity contribution in [2.24, 2.45) is 17.8 Å². The third-order valence-corrected chi connectivity index (χ3v) is 5.25. The quantitative estimate of drug-likeness (QED) is 0.223. The van der Waals surface area contributed by atoms with Crippen molar-refractivity contribution in [2.75, 3.05) is 0 Å². The van der Waals surface area contributed by atoms with E-state index >= 15 is 0 Å². The summed E-state index contributed by atoms with van der Waals surface area (Å²) in [6, 6.07) is 0. The maximum atomic E-state index is 4.31. The number of rotatable bonds is 14. The Hall–Kier alpha value is -0.520. The number of hydrogen-bond donors (Lipinski definition) is 0. The number of allylic oxidation sites excluding steroid dienone is 3. The number of hydrogen-bond acceptors (Lipinski definition) is 0. The molecule has 0 aromatic rings. The van der Waals surface area contributed by atoms with E-state index < -0.39 is 0 Å².